The lowest BCUT2D eigenvalue weighted by molar-refractivity contribution is -0.0670. The first-order valence-corrected chi connectivity index (χ1v) is 4.91. The van der Waals surface area contributed by atoms with Gasteiger partial charge in [0.1, 0.15) is 5.82 Å². The van der Waals surface area contributed by atoms with Gasteiger partial charge in [0.2, 0.25) is 0 Å². The number of aliphatic hydroxyl groups excluding tert-OH is 1. The van der Waals surface area contributed by atoms with E-state index in [1.54, 1.807) is 0 Å². The van der Waals surface area contributed by atoms with Crippen molar-refractivity contribution in [3.05, 3.63) is 28.0 Å². The lowest BCUT2D eigenvalue weighted by Crippen LogP contribution is -2.40. The zero-order chi connectivity index (χ0) is 11.2. The van der Waals surface area contributed by atoms with E-state index in [1.165, 1.54) is 24.1 Å². The average Bonchev–Trinajstić information content (AvgIpc) is 2.18. The van der Waals surface area contributed by atoms with Crippen molar-refractivity contribution < 1.29 is 19.0 Å². The molecule has 0 aliphatic carbocycles. The number of nitrogens with zero attached hydrogens (tertiary/aromatic N) is 1. The Bertz CT molecular complexity index is 438. The van der Waals surface area contributed by atoms with Crippen LogP contribution in [0.5, 0.6) is 0 Å². The van der Waals surface area contributed by atoms with Crippen molar-refractivity contribution in [1.82, 2.24) is 0 Å². The number of hydrogen-bond acceptors (Lipinski definition) is 4. The van der Waals surface area contributed by atoms with E-state index < -0.39 is 18.2 Å². The molecule has 1 atom stereocenters. The third-order valence-corrected chi connectivity index (χ3v) is 2.79. The first-order valence-electron chi connectivity index (χ1n) is 4.11. The molecule has 80 valence electrons. The molecule has 4 nitrogen and oxygen atoms in total. The Morgan fingerprint density at radius 3 is 2.93 bits per heavy atom. The third kappa shape index (κ3) is 1.59. The topological polar surface area (TPSA) is 49.8 Å². The number of carbonyl (C=O) groups is 1. The molecule has 0 spiro atoms. The second kappa shape index (κ2) is 3.46. The molecular weight excluding hydrogens is 269 g/mol. The van der Waals surface area contributed by atoms with Gasteiger partial charge >= 0.3 is 5.97 Å². The van der Waals surface area contributed by atoms with Crippen LogP contribution in [0.25, 0.3) is 0 Å². The zero-order valence-electron chi connectivity index (χ0n) is 7.70. The predicted molar refractivity (Wildman–Crippen MR) is 53.9 cm³/mol. The van der Waals surface area contributed by atoms with Gasteiger partial charge in [-0.25, -0.2) is 9.18 Å². The first kappa shape index (κ1) is 10.4. The molecule has 0 radical (unpaired) electrons. The van der Waals surface area contributed by atoms with Gasteiger partial charge in [-0.1, -0.05) is 0 Å². The summed E-state index contributed by atoms with van der Waals surface area (Å²) in [7, 11) is 1.50. The molecule has 1 aromatic rings. The van der Waals surface area contributed by atoms with Crippen molar-refractivity contribution >= 4 is 27.6 Å². The number of benzene rings is 1. The lowest BCUT2D eigenvalue weighted by atomic mass is 10.1. The quantitative estimate of drug-likeness (QED) is 0.729. The average molecular weight is 276 g/mol. The fourth-order valence-corrected chi connectivity index (χ4v) is 1.69. The summed E-state index contributed by atoms with van der Waals surface area (Å²) in [6.07, 6.45) is -1.37. The summed E-state index contributed by atoms with van der Waals surface area (Å²) < 4.78 is 18.0. The second-order valence-corrected chi connectivity index (χ2v) is 3.98. The van der Waals surface area contributed by atoms with E-state index in [4.69, 9.17) is 0 Å². The number of aliphatic hydroxyl groups is 1. The second-order valence-electron chi connectivity index (χ2n) is 3.13. The highest BCUT2D eigenvalue weighted by Crippen LogP contribution is 2.31. The summed E-state index contributed by atoms with van der Waals surface area (Å²) in [4.78, 5) is 12.6. The number of carbonyl (C=O) groups excluding carboxylic acids is 1. The summed E-state index contributed by atoms with van der Waals surface area (Å²) in [6, 6.07) is 2.50. The Morgan fingerprint density at radius 2 is 2.27 bits per heavy atom. The van der Waals surface area contributed by atoms with Gasteiger partial charge in [0, 0.05) is 7.05 Å². The number of anilines is 1. The normalized spacial score (nSPS) is 19.9. The number of hydrogen-bond donors (Lipinski definition) is 1. The molecule has 0 fully saturated rings. The van der Waals surface area contributed by atoms with Gasteiger partial charge < -0.3 is 14.7 Å². The van der Waals surface area contributed by atoms with Crippen molar-refractivity contribution in [1.29, 1.82) is 0 Å². The molecule has 1 heterocycles. The van der Waals surface area contributed by atoms with Gasteiger partial charge in [-0.15, -0.1) is 0 Å². The third-order valence-electron chi connectivity index (χ3n) is 2.18. The minimum absolute atomic E-state index is 0.183. The molecule has 6 heteroatoms. The van der Waals surface area contributed by atoms with E-state index in [9.17, 15) is 14.3 Å². The van der Waals surface area contributed by atoms with Gasteiger partial charge in [-0.05, 0) is 28.1 Å². The Kier molecular flexibility index (Phi) is 2.40. The molecule has 0 amide bonds. The smallest absolute Gasteiger partial charge is 0.343 e. The van der Waals surface area contributed by atoms with Crippen molar-refractivity contribution in [2.24, 2.45) is 0 Å². The van der Waals surface area contributed by atoms with Crippen LogP contribution in [0.1, 0.15) is 10.4 Å². The van der Waals surface area contributed by atoms with Crippen LogP contribution in [-0.2, 0) is 4.74 Å². The molecule has 1 unspecified atom stereocenters. The van der Waals surface area contributed by atoms with Crippen molar-refractivity contribution in [3.8, 4) is 0 Å². The minimum Gasteiger partial charge on any atom is -0.413 e. The summed E-state index contributed by atoms with van der Waals surface area (Å²) in [5.41, 5.74) is 0.524. The van der Waals surface area contributed by atoms with Crippen LogP contribution in [0.3, 0.4) is 0 Å². The molecule has 0 bridgehead atoms. The maximum Gasteiger partial charge on any atom is 0.343 e. The number of rotatable bonds is 0. The van der Waals surface area contributed by atoms with Crippen LogP contribution in [-0.4, -0.2) is 24.5 Å². The van der Waals surface area contributed by atoms with E-state index in [0.717, 1.165) is 0 Å². The number of esters is 1. The van der Waals surface area contributed by atoms with Crippen molar-refractivity contribution in [2.75, 3.05) is 11.9 Å². The number of cyclic esters (lactones) is 1. The van der Waals surface area contributed by atoms with Crippen LogP contribution in [0.4, 0.5) is 10.1 Å². The predicted octanol–water partition coefficient (Wildman–Crippen LogP) is 1.47. The molecule has 0 saturated heterocycles. The van der Waals surface area contributed by atoms with Gasteiger partial charge in [-0.3, -0.25) is 0 Å². The van der Waals surface area contributed by atoms with E-state index in [1.807, 2.05) is 0 Å². The van der Waals surface area contributed by atoms with Crippen LogP contribution in [0.2, 0.25) is 0 Å². The number of fused-ring (bicyclic) bond motifs is 1. The summed E-state index contributed by atoms with van der Waals surface area (Å²) in [6.45, 7) is 0. The highest BCUT2D eigenvalue weighted by Gasteiger charge is 2.30. The van der Waals surface area contributed by atoms with E-state index in [-0.39, 0.29) is 10.0 Å². The van der Waals surface area contributed by atoms with E-state index in [2.05, 4.69) is 20.7 Å². The molecule has 2 rings (SSSR count). The fraction of sp³-hybridized carbons (Fsp3) is 0.222. The van der Waals surface area contributed by atoms with Crippen LogP contribution < -0.4 is 4.90 Å². The standard InChI is InChI=1S/C9H7BrFNO3/c1-12-7-3-6(11)5(10)2-4(7)8(13)15-9(12)14/h2-3,9,14H,1H3. The van der Waals surface area contributed by atoms with Crippen LogP contribution >= 0.6 is 15.9 Å². The Hall–Kier alpha value is -1.14. The maximum atomic E-state index is 13.2. The Morgan fingerprint density at radius 1 is 1.60 bits per heavy atom. The number of ether oxygens (including phenoxy) is 1. The van der Waals surface area contributed by atoms with Crippen LogP contribution in [0, 0.1) is 5.82 Å². The molecule has 0 aromatic heterocycles. The van der Waals surface area contributed by atoms with Gasteiger partial charge in [0.25, 0.3) is 6.41 Å². The largest absolute Gasteiger partial charge is 0.413 e. The first-order chi connectivity index (χ1) is 7.00. The van der Waals surface area contributed by atoms with Gasteiger partial charge in [-0.2, -0.15) is 0 Å². The monoisotopic (exact) mass is 275 g/mol. The number of halogens is 2. The van der Waals surface area contributed by atoms with E-state index in [0.29, 0.717) is 5.69 Å². The SMILES string of the molecule is CN1c2cc(F)c(Br)cc2C(=O)OC1O. The van der Waals surface area contributed by atoms with E-state index >= 15 is 0 Å². The molecule has 1 aliphatic heterocycles. The highest BCUT2D eigenvalue weighted by atomic mass is 79.9. The molecule has 15 heavy (non-hydrogen) atoms. The summed E-state index contributed by atoms with van der Waals surface area (Å²) in [5, 5.41) is 9.30. The lowest BCUT2D eigenvalue weighted by Gasteiger charge is -2.31. The molecule has 1 aromatic carbocycles. The molecule has 1 N–H and O–H groups in total. The fourth-order valence-electron chi connectivity index (χ4n) is 1.35. The molecular formula is C9H7BrFNO3. The summed E-state index contributed by atoms with van der Waals surface area (Å²) >= 11 is 2.97. The highest BCUT2D eigenvalue weighted by molar-refractivity contribution is 9.10. The van der Waals surface area contributed by atoms with Crippen molar-refractivity contribution in [3.63, 3.8) is 0 Å². The zero-order valence-corrected chi connectivity index (χ0v) is 9.28. The minimum atomic E-state index is -1.37. The Balaban J connectivity index is 2.61. The molecule has 0 saturated carbocycles. The van der Waals surface area contributed by atoms with Crippen molar-refractivity contribution in [2.45, 2.75) is 6.41 Å². The van der Waals surface area contributed by atoms with Crippen LogP contribution in [0.15, 0.2) is 16.6 Å². The van der Waals surface area contributed by atoms with Gasteiger partial charge in [0.15, 0.2) is 0 Å². The maximum absolute atomic E-state index is 13.2. The molecule has 1 aliphatic rings. The summed E-state index contributed by atoms with van der Waals surface area (Å²) in [5.74, 6) is -1.17. The van der Waals surface area contributed by atoms with Gasteiger partial charge in [0.05, 0.1) is 15.7 Å². The Labute approximate surface area is 93.4 Å².